The number of aryl methyl sites for hydroxylation is 1. The topological polar surface area (TPSA) is 167 Å². The zero-order valence-electron chi connectivity index (χ0n) is 37.0. The van der Waals surface area contributed by atoms with Gasteiger partial charge in [-0.05, 0) is 116 Å². The monoisotopic (exact) mass is 910 g/mol. The van der Waals surface area contributed by atoms with Gasteiger partial charge < -0.3 is 28.4 Å². The van der Waals surface area contributed by atoms with Gasteiger partial charge >= 0.3 is 13.9 Å². The summed E-state index contributed by atoms with van der Waals surface area (Å²) < 4.78 is 29.7. The Morgan fingerprint density at radius 2 is 1.47 bits per heavy atom. The molecule has 0 spiro atoms. The number of phosphoric ester groups is 1. The maximum atomic E-state index is 15.6. The summed E-state index contributed by atoms with van der Waals surface area (Å²) in [6.07, 6.45) is 3.89. The van der Waals surface area contributed by atoms with Crippen LogP contribution in [-0.4, -0.2) is 97.4 Å². The van der Waals surface area contributed by atoms with Crippen molar-refractivity contribution in [2.24, 2.45) is 7.05 Å². The summed E-state index contributed by atoms with van der Waals surface area (Å²) in [5.74, 6) is -0.136. The van der Waals surface area contributed by atoms with E-state index in [2.05, 4.69) is 22.0 Å². The fraction of sp³-hybridized carbons (Fsp3) is 0.280. The second-order valence-electron chi connectivity index (χ2n) is 17.0. The molecular formula is C50H51N6O9P. The van der Waals surface area contributed by atoms with Crippen LogP contribution in [-0.2, 0) is 42.3 Å². The molecule has 6 aromatic rings. The summed E-state index contributed by atoms with van der Waals surface area (Å²) in [4.78, 5) is 74.6. The Hall–Kier alpha value is -6.61. The summed E-state index contributed by atoms with van der Waals surface area (Å²) in [6, 6.07) is 30.5. The van der Waals surface area contributed by atoms with Gasteiger partial charge in [-0.2, -0.15) is 0 Å². The molecule has 0 radical (unpaired) electrons. The van der Waals surface area contributed by atoms with Crippen molar-refractivity contribution >= 4 is 37.1 Å². The van der Waals surface area contributed by atoms with Gasteiger partial charge in [0.05, 0.1) is 24.5 Å². The number of fused-ring (bicyclic) bond motifs is 2. The number of morpholine rings is 1. The number of hydrogen-bond donors (Lipinski definition) is 2. The number of nitrogens with zero attached hydrogens (tertiary/aromatic N) is 6. The molecule has 9 rings (SSSR count). The lowest BCUT2D eigenvalue weighted by Crippen LogP contribution is -2.52. The Bertz CT molecular complexity index is 2820. The number of amides is 3. The third-order valence-electron chi connectivity index (χ3n) is 12.7. The largest absolute Gasteiger partial charge is 0.524 e. The number of ether oxygens (including phenoxy) is 2. The summed E-state index contributed by atoms with van der Waals surface area (Å²) in [6.45, 7) is 8.41. The zero-order valence-corrected chi connectivity index (χ0v) is 37.9. The molecule has 16 heteroatoms. The first-order valence-electron chi connectivity index (χ1n) is 21.9. The lowest BCUT2D eigenvalue weighted by atomic mass is 9.89. The molecule has 0 bridgehead atoms. The van der Waals surface area contributed by atoms with Gasteiger partial charge in [0.1, 0.15) is 11.5 Å². The predicted octanol–water partition coefficient (Wildman–Crippen LogP) is 7.61. The van der Waals surface area contributed by atoms with Crippen LogP contribution < -0.4 is 14.2 Å². The van der Waals surface area contributed by atoms with E-state index in [9.17, 15) is 23.9 Å². The molecule has 3 amide bonds. The molecule has 15 nitrogen and oxygen atoms in total. The molecule has 340 valence electrons. The molecule has 1 fully saturated rings. The molecule has 1 atom stereocenters. The molecule has 1 saturated heterocycles. The van der Waals surface area contributed by atoms with Crippen molar-refractivity contribution in [3.63, 3.8) is 0 Å². The van der Waals surface area contributed by atoms with Gasteiger partial charge in [-0.1, -0.05) is 42.0 Å². The van der Waals surface area contributed by atoms with Gasteiger partial charge in [0.25, 0.3) is 11.8 Å². The SMILES string of the molecule is Cc1ccc(OC(=O)N2CCc3cc(-c4cc(C(=O)N(c5ccncc5)c5ccc(OP(=O)(O)O)cc5)c(C)n4C)c(C(=O)N4Cc5ccccc5C[C@H]4CN4CCOCC4)cc3C2)cc1. The highest BCUT2D eigenvalue weighted by atomic mass is 31.2. The molecule has 2 N–H and O–H groups in total. The fourth-order valence-electron chi connectivity index (χ4n) is 9.12. The van der Waals surface area contributed by atoms with Crippen LogP contribution in [0.2, 0.25) is 0 Å². The van der Waals surface area contributed by atoms with Crippen LogP contribution in [0.15, 0.2) is 116 Å². The average Bonchev–Trinajstić information content (AvgIpc) is 3.62. The minimum atomic E-state index is -4.82. The van der Waals surface area contributed by atoms with Crippen LogP contribution in [0.5, 0.6) is 11.5 Å². The Labute approximate surface area is 383 Å². The molecule has 0 unspecified atom stereocenters. The zero-order chi connectivity index (χ0) is 46.1. The number of rotatable bonds is 10. The summed E-state index contributed by atoms with van der Waals surface area (Å²) in [7, 11) is -2.94. The highest BCUT2D eigenvalue weighted by Gasteiger charge is 2.36. The third-order valence-corrected chi connectivity index (χ3v) is 13.2. The normalized spacial score (nSPS) is 16.3. The molecule has 5 heterocycles. The van der Waals surface area contributed by atoms with Crippen molar-refractivity contribution in [3.8, 4) is 22.8 Å². The quantitative estimate of drug-likeness (QED) is 0.130. The van der Waals surface area contributed by atoms with Crippen molar-refractivity contribution in [2.75, 3.05) is 44.3 Å². The number of carbonyl (C=O) groups excluding carboxylic acids is 3. The minimum Gasteiger partial charge on any atom is -0.410 e. The highest BCUT2D eigenvalue weighted by molar-refractivity contribution is 7.46. The fourth-order valence-corrected chi connectivity index (χ4v) is 9.51. The molecule has 2 aromatic heterocycles. The molecular weight excluding hydrogens is 860 g/mol. The Morgan fingerprint density at radius 3 is 2.18 bits per heavy atom. The number of aromatic nitrogens is 2. The van der Waals surface area contributed by atoms with Crippen LogP contribution in [0.3, 0.4) is 0 Å². The molecule has 66 heavy (non-hydrogen) atoms. The van der Waals surface area contributed by atoms with E-state index in [1.54, 1.807) is 53.7 Å². The summed E-state index contributed by atoms with van der Waals surface area (Å²) in [5.41, 5.74) is 8.92. The third kappa shape index (κ3) is 9.53. The number of hydrogen-bond acceptors (Lipinski definition) is 9. The summed E-state index contributed by atoms with van der Waals surface area (Å²) >= 11 is 0. The van der Waals surface area contributed by atoms with Crippen LogP contribution in [0.4, 0.5) is 16.2 Å². The number of phosphoric acid groups is 1. The maximum absolute atomic E-state index is 15.6. The number of anilines is 2. The standard InChI is InChI=1S/C50H51N6O9P/c1-33-8-12-42(13-9-33)64-50(59)54-21-18-36-27-45(46(28-38(36)30-54)48(57)55-31-37-7-5-4-6-35(37)26-41(55)32-53-22-24-63-25-23-53)47-29-44(34(2)52(47)3)49(58)56(40-16-19-51-20-17-40)39-10-14-43(15-11-39)65-66(60,61)62/h4-17,19-20,27-29,41H,18,21-26,30-32H2,1-3H3,(H2,60,61,62)/t41-/m0/s1. The smallest absolute Gasteiger partial charge is 0.410 e. The van der Waals surface area contributed by atoms with Crippen molar-refractivity contribution in [2.45, 2.75) is 45.8 Å². The molecule has 0 aliphatic carbocycles. The van der Waals surface area contributed by atoms with E-state index < -0.39 is 13.9 Å². The van der Waals surface area contributed by atoms with Gasteiger partial charge in [0.2, 0.25) is 0 Å². The summed E-state index contributed by atoms with van der Waals surface area (Å²) in [5, 5.41) is 0. The molecule has 0 saturated carbocycles. The molecule has 3 aliphatic rings. The van der Waals surface area contributed by atoms with Gasteiger partial charge in [-0.15, -0.1) is 0 Å². The van der Waals surface area contributed by atoms with Gasteiger partial charge in [-0.3, -0.25) is 34.2 Å². The number of pyridine rings is 1. The number of carbonyl (C=O) groups is 3. The second-order valence-corrected chi connectivity index (χ2v) is 18.2. The van der Waals surface area contributed by atoms with Crippen molar-refractivity contribution < 1.29 is 42.7 Å². The maximum Gasteiger partial charge on any atom is 0.524 e. The van der Waals surface area contributed by atoms with E-state index in [4.69, 9.17) is 14.0 Å². The van der Waals surface area contributed by atoms with E-state index in [0.29, 0.717) is 90.9 Å². The minimum absolute atomic E-state index is 0.0624. The molecule has 4 aromatic carbocycles. The Kier molecular flexibility index (Phi) is 12.6. The van der Waals surface area contributed by atoms with Crippen LogP contribution in [0.25, 0.3) is 11.3 Å². The first-order valence-corrected chi connectivity index (χ1v) is 23.5. The van der Waals surface area contributed by atoms with Crippen LogP contribution in [0, 0.1) is 13.8 Å². The average molecular weight is 911 g/mol. The Morgan fingerprint density at radius 1 is 0.788 bits per heavy atom. The van der Waals surface area contributed by atoms with Gasteiger partial charge in [0.15, 0.2) is 0 Å². The first kappa shape index (κ1) is 44.6. The van der Waals surface area contributed by atoms with Gasteiger partial charge in [-0.25, -0.2) is 9.36 Å². The van der Waals surface area contributed by atoms with E-state index in [0.717, 1.165) is 35.3 Å². The van der Waals surface area contributed by atoms with Crippen molar-refractivity contribution in [3.05, 3.63) is 160 Å². The van der Waals surface area contributed by atoms with E-state index in [-0.39, 0.29) is 30.2 Å². The van der Waals surface area contributed by atoms with E-state index in [1.165, 1.54) is 22.6 Å². The van der Waals surface area contributed by atoms with Crippen LogP contribution in [0.1, 0.15) is 54.2 Å². The van der Waals surface area contributed by atoms with Crippen molar-refractivity contribution in [1.82, 2.24) is 24.3 Å². The van der Waals surface area contributed by atoms with Gasteiger partial charge in [0, 0.05) is 93.0 Å². The first-order chi connectivity index (χ1) is 31.8. The highest BCUT2D eigenvalue weighted by Crippen LogP contribution is 2.40. The van der Waals surface area contributed by atoms with Crippen LogP contribution >= 0.6 is 7.82 Å². The lowest BCUT2D eigenvalue weighted by Gasteiger charge is -2.41. The lowest BCUT2D eigenvalue weighted by molar-refractivity contribution is 0.0193. The van der Waals surface area contributed by atoms with E-state index in [1.807, 2.05) is 72.8 Å². The second kappa shape index (κ2) is 18.7. The predicted molar refractivity (Wildman–Crippen MR) is 248 cm³/mol. The van der Waals surface area contributed by atoms with Crippen molar-refractivity contribution in [1.29, 1.82) is 0 Å². The number of benzene rings is 4. The Balaban J connectivity index is 1.12. The van der Waals surface area contributed by atoms with E-state index >= 15 is 4.79 Å². The molecule has 3 aliphatic heterocycles.